The number of fused-ring (bicyclic) bond motifs is 1. The molecule has 3 aromatic rings. The number of para-hydroxylation sites is 1. The number of nitrogens with one attached hydrogen (secondary N) is 2. The Morgan fingerprint density at radius 2 is 1.89 bits per heavy atom. The second-order valence-corrected chi connectivity index (χ2v) is 7.96. The van der Waals surface area contributed by atoms with E-state index in [0.717, 1.165) is 41.0 Å². The zero-order valence-electron chi connectivity index (χ0n) is 17.2. The van der Waals surface area contributed by atoms with Crippen LogP contribution in [0.25, 0.3) is 10.9 Å². The van der Waals surface area contributed by atoms with E-state index in [0.29, 0.717) is 25.3 Å². The molecule has 0 bridgehead atoms. The number of carbonyl (C=O) groups is 1. The summed E-state index contributed by atoms with van der Waals surface area (Å²) in [6.07, 6.45) is 4.78. The Balaban J connectivity index is 1.57. The smallest absolute Gasteiger partial charge is 0.220 e. The van der Waals surface area contributed by atoms with Gasteiger partial charge in [-0.25, -0.2) is 0 Å². The van der Waals surface area contributed by atoms with Crippen molar-refractivity contribution >= 4 is 16.8 Å². The van der Waals surface area contributed by atoms with Crippen LogP contribution in [0.2, 0.25) is 0 Å². The summed E-state index contributed by atoms with van der Waals surface area (Å²) in [4.78, 5) is 12.4. The number of aromatic nitrogens is 5. The van der Waals surface area contributed by atoms with E-state index in [9.17, 15) is 4.79 Å². The number of amides is 1. The second kappa shape index (κ2) is 8.99. The van der Waals surface area contributed by atoms with Crippen LogP contribution in [0.1, 0.15) is 63.8 Å². The lowest BCUT2D eigenvalue weighted by Gasteiger charge is -2.14. The van der Waals surface area contributed by atoms with Gasteiger partial charge in [0.25, 0.3) is 0 Å². The van der Waals surface area contributed by atoms with Crippen molar-refractivity contribution in [3.63, 3.8) is 0 Å². The Kier molecular flexibility index (Phi) is 6.44. The van der Waals surface area contributed by atoms with Crippen molar-refractivity contribution in [2.24, 2.45) is 5.92 Å². The number of benzene rings is 1. The van der Waals surface area contributed by atoms with E-state index in [1.54, 1.807) is 6.20 Å². The molecule has 2 N–H and O–H groups in total. The van der Waals surface area contributed by atoms with Crippen LogP contribution in [0.3, 0.4) is 0 Å². The van der Waals surface area contributed by atoms with E-state index in [4.69, 9.17) is 0 Å². The standard InChI is InChI=1S/C21H30N6O/c1-14(2)8-9-18-24-25-19(27(18)15(3)4)10-11-20(28)22-12-16-6-5-7-17-13-23-26-21(16)17/h5-7,13-15H,8-12H2,1-4H3,(H,22,28)(H,23,26). The van der Waals surface area contributed by atoms with Gasteiger partial charge in [-0.1, -0.05) is 32.0 Å². The van der Waals surface area contributed by atoms with Gasteiger partial charge in [0.15, 0.2) is 0 Å². The maximum Gasteiger partial charge on any atom is 0.220 e. The van der Waals surface area contributed by atoms with Crippen LogP contribution in [0.4, 0.5) is 0 Å². The Labute approximate surface area is 165 Å². The molecule has 2 heterocycles. The molecule has 150 valence electrons. The molecule has 0 saturated carbocycles. The van der Waals surface area contributed by atoms with Crippen molar-refractivity contribution < 1.29 is 4.79 Å². The molecule has 28 heavy (non-hydrogen) atoms. The molecule has 0 fully saturated rings. The molecule has 1 amide bonds. The minimum atomic E-state index is 0.0126. The Hall–Kier alpha value is -2.70. The summed E-state index contributed by atoms with van der Waals surface area (Å²) >= 11 is 0. The number of aryl methyl sites for hydroxylation is 2. The molecular weight excluding hydrogens is 352 g/mol. The SMILES string of the molecule is CC(C)CCc1nnc(CCC(=O)NCc2cccc3cn[nH]c23)n1C(C)C. The molecule has 3 rings (SSSR count). The first-order valence-corrected chi connectivity index (χ1v) is 10.1. The largest absolute Gasteiger partial charge is 0.352 e. The fourth-order valence-corrected chi connectivity index (χ4v) is 3.40. The molecule has 7 nitrogen and oxygen atoms in total. The van der Waals surface area contributed by atoms with Gasteiger partial charge in [0, 0.05) is 37.2 Å². The number of carbonyl (C=O) groups excluding carboxylic acids is 1. The quantitative estimate of drug-likeness (QED) is 0.592. The highest BCUT2D eigenvalue weighted by Gasteiger charge is 2.16. The van der Waals surface area contributed by atoms with Crippen LogP contribution in [0.5, 0.6) is 0 Å². The van der Waals surface area contributed by atoms with Crippen LogP contribution in [-0.2, 0) is 24.2 Å². The molecule has 0 aliphatic carbocycles. The third-order valence-electron chi connectivity index (χ3n) is 4.91. The minimum Gasteiger partial charge on any atom is -0.352 e. The lowest BCUT2D eigenvalue weighted by molar-refractivity contribution is -0.121. The zero-order valence-corrected chi connectivity index (χ0v) is 17.2. The van der Waals surface area contributed by atoms with Gasteiger partial charge < -0.3 is 9.88 Å². The van der Waals surface area contributed by atoms with Gasteiger partial charge in [-0.05, 0) is 31.7 Å². The fourth-order valence-electron chi connectivity index (χ4n) is 3.40. The first kappa shape index (κ1) is 20.0. The van der Waals surface area contributed by atoms with Crippen molar-refractivity contribution in [3.8, 4) is 0 Å². The monoisotopic (exact) mass is 382 g/mol. The maximum atomic E-state index is 12.4. The van der Waals surface area contributed by atoms with E-state index in [1.165, 1.54) is 0 Å². The Morgan fingerprint density at radius 3 is 2.61 bits per heavy atom. The second-order valence-electron chi connectivity index (χ2n) is 7.96. The maximum absolute atomic E-state index is 12.4. The van der Waals surface area contributed by atoms with Crippen LogP contribution >= 0.6 is 0 Å². The van der Waals surface area contributed by atoms with Crippen LogP contribution in [0, 0.1) is 5.92 Å². The highest BCUT2D eigenvalue weighted by atomic mass is 16.1. The normalized spacial score (nSPS) is 11.6. The Morgan fingerprint density at radius 1 is 1.14 bits per heavy atom. The number of rotatable bonds is 9. The van der Waals surface area contributed by atoms with Crippen molar-refractivity contribution in [2.45, 2.75) is 66.0 Å². The third-order valence-corrected chi connectivity index (χ3v) is 4.91. The van der Waals surface area contributed by atoms with Crippen molar-refractivity contribution in [2.75, 3.05) is 0 Å². The van der Waals surface area contributed by atoms with Gasteiger partial charge in [-0.2, -0.15) is 5.10 Å². The first-order valence-electron chi connectivity index (χ1n) is 10.1. The van der Waals surface area contributed by atoms with E-state index < -0.39 is 0 Å². The number of hydrogen-bond acceptors (Lipinski definition) is 4. The third kappa shape index (κ3) is 4.77. The average Bonchev–Trinajstić information content (AvgIpc) is 3.29. The first-order chi connectivity index (χ1) is 13.5. The number of H-pyrrole nitrogens is 1. The predicted molar refractivity (Wildman–Crippen MR) is 110 cm³/mol. The number of hydrogen-bond donors (Lipinski definition) is 2. The van der Waals surface area contributed by atoms with Crippen LogP contribution < -0.4 is 5.32 Å². The summed E-state index contributed by atoms with van der Waals surface area (Å²) in [5.74, 6) is 2.55. The fraction of sp³-hybridized carbons (Fsp3) is 0.524. The summed E-state index contributed by atoms with van der Waals surface area (Å²) in [6, 6.07) is 6.26. The molecule has 0 saturated heterocycles. The van der Waals surface area contributed by atoms with Gasteiger partial charge in [-0.3, -0.25) is 9.89 Å². The molecule has 0 unspecified atom stereocenters. The highest BCUT2D eigenvalue weighted by molar-refractivity contribution is 5.82. The van der Waals surface area contributed by atoms with E-state index >= 15 is 0 Å². The van der Waals surface area contributed by atoms with Gasteiger partial charge in [0.2, 0.25) is 5.91 Å². The van der Waals surface area contributed by atoms with Crippen molar-refractivity contribution in [3.05, 3.63) is 41.6 Å². The Bertz CT molecular complexity index is 924. The molecule has 0 radical (unpaired) electrons. The molecule has 0 aliphatic heterocycles. The van der Waals surface area contributed by atoms with E-state index in [-0.39, 0.29) is 11.9 Å². The minimum absolute atomic E-state index is 0.0126. The van der Waals surface area contributed by atoms with Crippen LogP contribution in [-0.4, -0.2) is 30.9 Å². The summed E-state index contributed by atoms with van der Waals surface area (Å²) in [7, 11) is 0. The topological polar surface area (TPSA) is 88.5 Å². The van der Waals surface area contributed by atoms with Gasteiger partial charge in [0.05, 0.1) is 11.7 Å². The lowest BCUT2D eigenvalue weighted by atomic mass is 10.1. The van der Waals surface area contributed by atoms with E-state index in [1.807, 2.05) is 18.2 Å². The predicted octanol–water partition coefficient (Wildman–Crippen LogP) is 3.57. The average molecular weight is 383 g/mol. The number of nitrogens with zero attached hydrogens (tertiary/aromatic N) is 4. The summed E-state index contributed by atoms with van der Waals surface area (Å²) in [5.41, 5.74) is 2.00. The molecule has 0 spiro atoms. The van der Waals surface area contributed by atoms with Gasteiger partial charge >= 0.3 is 0 Å². The highest BCUT2D eigenvalue weighted by Crippen LogP contribution is 2.17. The molecule has 1 aromatic carbocycles. The van der Waals surface area contributed by atoms with Gasteiger partial charge in [0.1, 0.15) is 11.6 Å². The zero-order chi connectivity index (χ0) is 20.1. The van der Waals surface area contributed by atoms with Gasteiger partial charge in [-0.15, -0.1) is 10.2 Å². The summed E-state index contributed by atoms with van der Waals surface area (Å²) < 4.78 is 2.18. The lowest BCUT2D eigenvalue weighted by Crippen LogP contribution is -2.24. The molecule has 0 aliphatic rings. The molecule has 7 heteroatoms. The number of aromatic amines is 1. The van der Waals surface area contributed by atoms with E-state index in [2.05, 4.69) is 58.0 Å². The molecule has 0 atom stereocenters. The molecule has 2 aromatic heterocycles. The molecular formula is C21H30N6O. The van der Waals surface area contributed by atoms with Crippen molar-refractivity contribution in [1.82, 2.24) is 30.3 Å². The van der Waals surface area contributed by atoms with Crippen LogP contribution in [0.15, 0.2) is 24.4 Å². The van der Waals surface area contributed by atoms with Crippen molar-refractivity contribution in [1.29, 1.82) is 0 Å². The summed E-state index contributed by atoms with van der Waals surface area (Å²) in [5, 5.41) is 19.8. The summed E-state index contributed by atoms with van der Waals surface area (Å²) in [6.45, 7) is 9.18.